The van der Waals surface area contributed by atoms with Gasteiger partial charge in [0.15, 0.2) is 0 Å². The normalized spacial score (nSPS) is 12.3. The average Bonchev–Trinajstić information content (AvgIpc) is 3.05. The van der Waals surface area contributed by atoms with Gasteiger partial charge in [0.2, 0.25) is 5.91 Å². The average molecular weight is 265 g/mol. The van der Waals surface area contributed by atoms with Crippen molar-refractivity contribution in [2.45, 2.75) is 18.9 Å². The molecular formula is C13H15NO3S. The number of carbonyl (C=O) groups is 1. The van der Waals surface area contributed by atoms with Crippen molar-refractivity contribution in [3.63, 3.8) is 0 Å². The zero-order valence-corrected chi connectivity index (χ0v) is 10.7. The van der Waals surface area contributed by atoms with Crippen LogP contribution in [0.5, 0.6) is 0 Å². The molecule has 1 atom stereocenters. The number of aliphatic hydroxyl groups excluding tert-OH is 1. The maximum atomic E-state index is 11.6. The summed E-state index contributed by atoms with van der Waals surface area (Å²) in [6, 6.07) is 7.37. The zero-order valence-electron chi connectivity index (χ0n) is 9.83. The summed E-state index contributed by atoms with van der Waals surface area (Å²) in [5.41, 5.74) is 0. The maximum Gasteiger partial charge on any atom is 0.220 e. The molecule has 2 heterocycles. The number of thiophene rings is 1. The predicted molar refractivity (Wildman–Crippen MR) is 69.3 cm³/mol. The molecule has 0 aromatic carbocycles. The Labute approximate surface area is 109 Å². The highest BCUT2D eigenvalue weighted by Crippen LogP contribution is 2.12. The zero-order chi connectivity index (χ0) is 12.8. The van der Waals surface area contributed by atoms with E-state index in [4.69, 9.17) is 4.42 Å². The summed E-state index contributed by atoms with van der Waals surface area (Å²) in [6.45, 7) is 0.177. The van der Waals surface area contributed by atoms with Gasteiger partial charge in [-0.25, -0.2) is 0 Å². The van der Waals surface area contributed by atoms with E-state index in [0.29, 0.717) is 12.2 Å². The van der Waals surface area contributed by atoms with Crippen LogP contribution in [-0.4, -0.2) is 17.6 Å². The van der Waals surface area contributed by atoms with E-state index in [1.807, 2.05) is 17.5 Å². The molecule has 1 amide bonds. The lowest BCUT2D eigenvalue weighted by Gasteiger charge is -2.09. The van der Waals surface area contributed by atoms with Crippen molar-refractivity contribution >= 4 is 17.2 Å². The van der Waals surface area contributed by atoms with Crippen LogP contribution in [-0.2, 0) is 11.2 Å². The second kappa shape index (κ2) is 6.37. The summed E-state index contributed by atoms with van der Waals surface area (Å²) in [5.74, 6) is 0.405. The van der Waals surface area contributed by atoms with Crippen molar-refractivity contribution in [1.82, 2.24) is 5.32 Å². The van der Waals surface area contributed by atoms with E-state index in [1.54, 1.807) is 23.5 Å². The van der Waals surface area contributed by atoms with Gasteiger partial charge in [0, 0.05) is 11.3 Å². The highest BCUT2D eigenvalue weighted by atomic mass is 32.1. The number of aryl methyl sites for hydroxylation is 1. The van der Waals surface area contributed by atoms with Crippen LogP contribution in [0.3, 0.4) is 0 Å². The lowest BCUT2D eigenvalue weighted by atomic mass is 10.2. The topological polar surface area (TPSA) is 62.5 Å². The number of carbonyl (C=O) groups excluding carboxylic acids is 1. The summed E-state index contributed by atoms with van der Waals surface area (Å²) in [4.78, 5) is 12.8. The molecule has 0 saturated heterocycles. The molecule has 2 aromatic rings. The first kappa shape index (κ1) is 12.9. The summed E-state index contributed by atoms with van der Waals surface area (Å²) >= 11 is 1.64. The monoisotopic (exact) mass is 265 g/mol. The van der Waals surface area contributed by atoms with Gasteiger partial charge in [0.05, 0.1) is 12.8 Å². The van der Waals surface area contributed by atoms with Gasteiger partial charge < -0.3 is 14.8 Å². The first-order valence-electron chi connectivity index (χ1n) is 5.76. The first-order chi connectivity index (χ1) is 8.75. The SMILES string of the molecule is O=C(CCc1cccs1)NCC(O)c1ccco1. The molecule has 2 aromatic heterocycles. The molecule has 0 bridgehead atoms. The minimum absolute atomic E-state index is 0.0611. The van der Waals surface area contributed by atoms with Gasteiger partial charge in [-0.2, -0.15) is 0 Å². The molecule has 4 nitrogen and oxygen atoms in total. The Balaban J connectivity index is 1.68. The van der Waals surface area contributed by atoms with Gasteiger partial charge in [0.1, 0.15) is 11.9 Å². The molecule has 2 rings (SSSR count). The molecule has 0 aliphatic heterocycles. The third-order valence-corrected chi connectivity index (χ3v) is 3.48. The van der Waals surface area contributed by atoms with Gasteiger partial charge in [-0.05, 0) is 30.0 Å². The van der Waals surface area contributed by atoms with E-state index in [9.17, 15) is 9.90 Å². The lowest BCUT2D eigenvalue weighted by molar-refractivity contribution is -0.121. The Morgan fingerprint density at radius 3 is 3.00 bits per heavy atom. The summed E-state index contributed by atoms with van der Waals surface area (Å²) in [5, 5.41) is 14.4. The van der Waals surface area contributed by atoms with Gasteiger partial charge in [-0.1, -0.05) is 6.07 Å². The molecule has 1 unspecified atom stereocenters. The van der Waals surface area contributed by atoms with Gasteiger partial charge >= 0.3 is 0 Å². The lowest BCUT2D eigenvalue weighted by Crippen LogP contribution is -2.28. The molecule has 96 valence electrons. The smallest absolute Gasteiger partial charge is 0.220 e. The Morgan fingerprint density at radius 2 is 2.33 bits per heavy atom. The Bertz CT molecular complexity index is 464. The quantitative estimate of drug-likeness (QED) is 0.841. The number of hydrogen-bond acceptors (Lipinski definition) is 4. The number of hydrogen-bond donors (Lipinski definition) is 2. The van der Waals surface area contributed by atoms with Crippen LogP contribution < -0.4 is 5.32 Å². The van der Waals surface area contributed by atoms with E-state index in [2.05, 4.69) is 5.32 Å². The second-order valence-corrected chi connectivity index (χ2v) is 4.95. The minimum atomic E-state index is -0.786. The molecule has 0 fully saturated rings. The fraction of sp³-hybridized carbons (Fsp3) is 0.308. The Hall–Kier alpha value is -1.59. The highest BCUT2D eigenvalue weighted by molar-refractivity contribution is 7.09. The third-order valence-electron chi connectivity index (χ3n) is 2.54. The maximum absolute atomic E-state index is 11.6. The number of furan rings is 1. The van der Waals surface area contributed by atoms with Crippen molar-refractivity contribution < 1.29 is 14.3 Å². The molecule has 0 radical (unpaired) electrons. The van der Waals surface area contributed by atoms with Gasteiger partial charge in [-0.15, -0.1) is 11.3 Å². The van der Waals surface area contributed by atoms with E-state index in [1.165, 1.54) is 11.1 Å². The van der Waals surface area contributed by atoms with Crippen molar-refractivity contribution in [3.8, 4) is 0 Å². The van der Waals surface area contributed by atoms with Crippen LogP contribution >= 0.6 is 11.3 Å². The van der Waals surface area contributed by atoms with E-state index < -0.39 is 6.10 Å². The van der Waals surface area contributed by atoms with Crippen LogP contribution in [0.1, 0.15) is 23.2 Å². The van der Waals surface area contributed by atoms with E-state index >= 15 is 0 Å². The minimum Gasteiger partial charge on any atom is -0.467 e. The molecular weight excluding hydrogens is 250 g/mol. The number of amides is 1. The largest absolute Gasteiger partial charge is 0.467 e. The number of aliphatic hydroxyl groups is 1. The molecule has 0 saturated carbocycles. The standard InChI is InChI=1S/C13H15NO3S/c15-11(12-4-1-7-17-12)9-14-13(16)6-5-10-3-2-8-18-10/h1-4,7-8,11,15H,5-6,9H2,(H,14,16). The molecule has 0 aliphatic rings. The van der Waals surface area contributed by atoms with Gasteiger partial charge in [0.25, 0.3) is 0 Å². The molecule has 0 aliphatic carbocycles. The summed E-state index contributed by atoms with van der Waals surface area (Å²) in [6.07, 6.45) is 1.88. The van der Waals surface area contributed by atoms with Crippen molar-refractivity contribution in [2.75, 3.05) is 6.54 Å². The highest BCUT2D eigenvalue weighted by Gasteiger charge is 2.11. The number of rotatable bonds is 6. The van der Waals surface area contributed by atoms with E-state index in [0.717, 1.165) is 6.42 Å². The fourth-order valence-corrected chi connectivity index (χ4v) is 2.28. The summed E-state index contributed by atoms with van der Waals surface area (Å²) in [7, 11) is 0. The Kier molecular flexibility index (Phi) is 4.55. The fourth-order valence-electron chi connectivity index (χ4n) is 1.57. The van der Waals surface area contributed by atoms with Crippen LogP contribution in [0.2, 0.25) is 0 Å². The molecule has 2 N–H and O–H groups in total. The van der Waals surface area contributed by atoms with Gasteiger partial charge in [-0.3, -0.25) is 4.79 Å². The first-order valence-corrected chi connectivity index (χ1v) is 6.64. The molecule has 5 heteroatoms. The van der Waals surface area contributed by atoms with Crippen LogP contribution in [0.4, 0.5) is 0 Å². The van der Waals surface area contributed by atoms with E-state index in [-0.39, 0.29) is 12.5 Å². The van der Waals surface area contributed by atoms with Crippen LogP contribution in [0.25, 0.3) is 0 Å². The predicted octanol–water partition coefficient (Wildman–Crippen LogP) is 2.12. The molecule has 0 spiro atoms. The van der Waals surface area contributed by atoms with Crippen molar-refractivity contribution in [1.29, 1.82) is 0 Å². The van der Waals surface area contributed by atoms with Crippen LogP contribution in [0, 0.1) is 0 Å². The molecule has 18 heavy (non-hydrogen) atoms. The third kappa shape index (κ3) is 3.72. The second-order valence-electron chi connectivity index (χ2n) is 3.91. The number of nitrogens with one attached hydrogen (secondary N) is 1. The van der Waals surface area contributed by atoms with Crippen molar-refractivity contribution in [3.05, 3.63) is 46.5 Å². The van der Waals surface area contributed by atoms with Crippen molar-refractivity contribution in [2.24, 2.45) is 0 Å². The summed E-state index contributed by atoms with van der Waals surface area (Å²) < 4.78 is 5.05. The van der Waals surface area contributed by atoms with Crippen LogP contribution in [0.15, 0.2) is 40.3 Å². The Morgan fingerprint density at radius 1 is 1.44 bits per heavy atom.